The van der Waals surface area contributed by atoms with E-state index in [-0.39, 0.29) is 12.3 Å². The average molecular weight is 388 g/mol. The lowest BCUT2D eigenvalue weighted by molar-refractivity contribution is -0.136. The van der Waals surface area contributed by atoms with Gasteiger partial charge < -0.3 is 15.2 Å². The van der Waals surface area contributed by atoms with E-state index in [1.807, 2.05) is 30.3 Å². The number of aliphatic imine (C=N–C) groups is 1. The number of nitrogens with one attached hydrogen (secondary N) is 1. The Balaban J connectivity index is 1.90. The number of aromatic nitrogens is 1. The minimum atomic E-state index is -0.910. The third-order valence-electron chi connectivity index (χ3n) is 4.56. The minimum absolute atomic E-state index is 0.0803. The summed E-state index contributed by atoms with van der Waals surface area (Å²) in [7, 11) is 0. The molecule has 6 heteroatoms. The van der Waals surface area contributed by atoms with Gasteiger partial charge in [0, 0.05) is 10.9 Å². The van der Waals surface area contributed by atoms with Crippen LogP contribution in [0.25, 0.3) is 10.9 Å². The van der Waals surface area contributed by atoms with Gasteiger partial charge in [-0.3, -0.25) is 4.79 Å². The van der Waals surface area contributed by atoms with Crippen molar-refractivity contribution in [1.82, 2.24) is 4.98 Å². The van der Waals surface area contributed by atoms with Gasteiger partial charge in [-0.1, -0.05) is 42.5 Å². The molecule has 3 aromatic carbocycles. The highest BCUT2D eigenvalue weighted by atomic mass is 19.1. The van der Waals surface area contributed by atoms with Crippen molar-refractivity contribution in [3.63, 3.8) is 0 Å². The summed E-state index contributed by atoms with van der Waals surface area (Å²) in [5.74, 6) is -1.44. The molecule has 0 fully saturated rings. The van der Waals surface area contributed by atoms with Crippen molar-refractivity contribution in [2.45, 2.75) is 6.42 Å². The zero-order chi connectivity index (χ0) is 20.4. The SMILES string of the molecule is O=C(O)Cc1ccc(C(=Nc2ccccc2)c2c(O)[nH]c3cc(F)ccc23)cc1. The lowest BCUT2D eigenvalue weighted by Crippen LogP contribution is -2.05. The van der Waals surface area contributed by atoms with Gasteiger partial charge in [0.1, 0.15) is 5.82 Å². The van der Waals surface area contributed by atoms with E-state index >= 15 is 0 Å². The number of fused-ring (bicyclic) bond motifs is 1. The highest BCUT2D eigenvalue weighted by Crippen LogP contribution is 2.32. The Labute approximate surface area is 165 Å². The van der Waals surface area contributed by atoms with Crippen LogP contribution in [0.5, 0.6) is 5.88 Å². The molecule has 0 spiro atoms. The predicted octanol–water partition coefficient (Wildman–Crippen LogP) is 4.81. The zero-order valence-electron chi connectivity index (χ0n) is 15.3. The summed E-state index contributed by atoms with van der Waals surface area (Å²) in [5.41, 5.74) is 3.45. The van der Waals surface area contributed by atoms with E-state index in [4.69, 9.17) is 10.1 Å². The first kappa shape index (κ1) is 18.4. The third-order valence-corrected chi connectivity index (χ3v) is 4.56. The first-order valence-corrected chi connectivity index (χ1v) is 8.96. The van der Waals surface area contributed by atoms with Crippen molar-refractivity contribution < 1.29 is 19.4 Å². The number of rotatable bonds is 5. The van der Waals surface area contributed by atoms with Crippen LogP contribution in [0.3, 0.4) is 0 Å². The van der Waals surface area contributed by atoms with Crippen LogP contribution in [0.2, 0.25) is 0 Å². The van der Waals surface area contributed by atoms with Gasteiger partial charge in [-0.15, -0.1) is 0 Å². The number of hydrogen-bond donors (Lipinski definition) is 3. The maximum Gasteiger partial charge on any atom is 0.307 e. The fourth-order valence-corrected chi connectivity index (χ4v) is 3.25. The molecule has 0 aliphatic heterocycles. The normalized spacial score (nSPS) is 11.7. The highest BCUT2D eigenvalue weighted by Gasteiger charge is 2.19. The Bertz CT molecular complexity index is 1210. The molecule has 0 atom stereocenters. The summed E-state index contributed by atoms with van der Waals surface area (Å²) >= 11 is 0. The van der Waals surface area contributed by atoms with E-state index < -0.39 is 11.8 Å². The second-order valence-corrected chi connectivity index (χ2v) is 6.60. The molecule has 0 saturated heterocycles. The first-order valence-electron chi connectivity index (χ1n) is 8.96. The number of aromatic hydroxyl groups is 1. The Hall–Kier alpha value is -3.93. The molecule has 5 nitrogen and oxygen atoms in total. The number of carboxylic acids is 1. The molecule has 0 aliphatic carbocycles. The van der Waals surface area contributed by atoms with Crippen LogP contribution in [0.1, 0.15) is 16.7 Å². The molecule has 4 rings (SSSR count). The lowest BCUT2D eigenvalue weighted by Gasteiger charge is -2.09. The van der Waals surface area contributed by atoms with Crippen molar-refractivity contribution in [2.75, 3.05) is 0 Å². The summed E-state index contributed by atoms with van der Waals surface area (Å²) in [5, 5.41) is 20.2. The number of carbonyl (C=O) groups is 1. The summed E-state index contributed by atoms with van der Waals surface area (Å²) in [4.78, 5) is 18.5. The van der Waals surface area contributed by atoms with Gasteiger partial charge in [0.25, 0.3) is 0 Å². The number of para-hydroxylation sites is 1. The summed E-state index contributed by atoms with van der Waals surface area (Å²) in [6, 6.07) is 20.5. The Morgan fingerprint density at radius 3 is 2.41 bits per heavy atom. The van der Waals surface area contributed by atoms with Crippen LogP contribution in [-0.2, 0) is 11.2 Å². The Kier molecular flexibility index (Phi) is 4.83. The maximum absolute atomic E-state index is 13.6. The number of benzene rings is 3. The molecule has 4 aromatic rings. The molecule has 3 N–H and O–H groups in total. The van der Waals surface area contributed by atoms with Gasteiger partial charge in [-0.05, 0) is 35.9 Å². The van der Waals surface area contributed by atoms with E-state index in [0.29, 0.717) is 39.0 Å². The number of aromatic amines is 1. The van der Waals surface area contributed by atoms with Crippen LogP contribution >= 0.6 is 0 Å². The smallest absolute Gasteiger partial charge is 0.307 e. The number of halogens is 1. The van der Waals surface area contributed by atoms with Gasteiger partial charge >= 0.3 is 5.97 Å². The largest absolute Gasteiger partial charge is 0.494 e. The first-order chi connectivity index (χ1) is 14.0. The Morgan fingerprint density at radius 1 is 1.00 bits per heavy atom. The van der Waals surface area contributed by atoms with E-state index in [1.54, 1.807) is 30.3 Å². The summed E-state index contributed by atoms with van der Waals surface area (Å²) in [6.07, 6.45) is -0.0803. The monoisotopic (exact) mass is 388 g/mol. The number of hydrogen-bond acceptors (Lipinski definition) is 3. The molecule has 1 aromatic heterocycles. The van der Waals surface area contributed by atoms with Gasteiger partial charge in [-0.25, -0.2) is 9.38 Å². The third kappa shape index (κ3) is 3.87. The molecule has 29 heavy (non-hydrogen) atoms. The van der Waals surface area contributed by atoms with Gasteiger partial charge in [0.15, 0.2) is 5.88 Å². The topological polar surface area (TPSA) is 85.7 Å². The molecule has 1 heterocycles. The molecule has 0 unspecified atom stereocenters. The van der Waals surface area contributed by atoms with E-state index in [0.717, 1.165) is 0 Å². The number of nitrogens with zero attached hydrogens (tertiary/aromatic N) is 1. The van der Waals surface area contributed by atoms with Crippen LogP contribution < -0.4 is 0 Å². The van der Waals surface area contributed by atoms with Crippen LogP contribution in [0, 0.1) is 5.82 Å². The Morgan fingerprint density at radius 2 is 1.72 bits per heavy atom. The molecule has 0 radical (unpaired) electrons. The standard InChI is InChI=1S/C23H17FN2O3/c24-16-10-11-18-19(13-16)26-23(29)21(18)22(25-17-4-2-1-3-5-17)15-8-6-14(7-9-15)12-20(27)28/h1-11,13,26,29H,12H2,(H,27,28). The van der Waals surface area contributed by atoms with Gasteiger partial charge in [-0.2, -0.15) is 0 Å². The zero-order valence-corrected chi connectivity index (χ0v) is 15.3. The minimum Gasteiger partial charge on any atom is -0.494 e. The lowest BCUT2D eigenvalue weighted by atomic mass is 9.99. The summed E-state index contributed by atoms with van der Waals surface area (Å²) in [6.45, 7) is 0. The van der Waals surface area contributed by atoms with Crippen LogP contribution in [0.15, 0.2) is 77.8 Å². The molecular weight excluding hydrogens is 371 g/mol. The summed E-state index contributed by atoms with van der Waals surface area (Å²) < 4.78 is 13.6. The molecule has 144 valence electrons. The molecule has 0 bridgehead atoms. The predicted molar refractivity (Wildman–Crippen MR) is 109 cm³/mol. The van der Waals surface area contributed by atoms with Crippen molar-refractivity contribution in [3.8, 4) is 5.88 Å². The maximum atomic E-state index is 13.6. The van der Waals surface area contributed by atoms with Gasteiger partial charge in [0.05, 0.1) is 28.9 Å². The van der Waals surface area contributed by atoms with Crippen molar-refractivity contribution >= 4 is 28.3 Å². The van der Waals surface area contributed by atoms with Crippen molar-refractivity contribution in [3.05, 3.63) is 95.3 Å². The quantitative estimate of drug-likeness (QED) is 0.429. The molecule has 0 saturated carbocycles. The van der Waals surface area contributed by atoms with Crippen LogP contribution in [0.4, 0.5) is 10.1 Å². The van der Waals surface area contributed by atoms with Crippen molar-refractivity contribution in [2.24, 2.45) is 4.99 Å². The van der Waals surface area contributed by atoms with E-state index in [2.05, 4.69) is 4.98 Å². The average Bonchev–Trinajstić information content (AvgIpc) is 3.02. The molecule has 0 amide bonds. The second kappa shape index (κ2) is 7.59. The van der Waals surface area contributed by atoms with Crippen molar-refractivity contribution in [1.29, 1.82) is 0 Å². The van der Waals surface area contributed by atoms with E-state index in [1.165, 1.54) is 12.1 Å². The molecular formula is C23H17FN2O3. The fraction of sp³-hybridized carbons (Fsp3) is 0.0435. The number of carboxylic acid groups (broad SMARTS) is 1. The number of aliphatic carboxylic acids is 1. The highest BCUT2D eigenvalue weighted by molar-refractivity contribution is 6.21. The van der Waals surface area contributed by atoms with Crippen LogP contribution in [-0.4, -0.2) is 26.9 Å². The molecule has 0 aliphatic rings. The van der Waals surface area contributed by atoms with Gasteiger partial charge in [0.2, 0.25) is 0 Å². The second-order valence-electron chi connectivity index (χ2n) is 6.60. The fourth-order valence-electron chi connectivity index (χ4n) is 3.25. The van der Waals surface area contributed by atoms with E-state index in [9.17, 15) is 14.3 Å². The number of H-pyrrole nitrogens is 1.